The van der Waals surface area contributed by atoms with Gasteiger partial charge >= 0.3 is 0 Å². The molecule has 0 radical (unpaired) electrons. The molecule has 0 aliphatic carbocycles. The standard InChI is InChI=1S/C15H22BrNO/c16-14-7-5-6-13(12-14)15(18)8-11-17-9-3-1-2-4-10-17/h5-7,12,15,18H,1-4,8-11H2. The molecule has 1 fully saturated rings. The third-order valence-corrected chi connectivity index (χ3v) is 4.14. The summed E-state index contributed by atoms with van der Waals surface area (Å²) >= 11 is 3.45. The first-order valence-electron chi connectivity index (χ1n) is 6.91. The Hall–Kier alpha value is -0.380. The molecule has 1 N–H and O–H groups in total. The summed E-state index contributed by atoms with van der Waals surface area (Å²) < 4.78 is 1.04. The minimum atomic E-state index is -0.342. The maximum Gasteiger partial charge on any atom is 0.0802 e. The maximum atomic E-state index is 10.2. The van der Waals surface area contributed by atoms with Crippen LogP contribution in [0.4, 0.5) is 0 Å². The van der Waals surface area contributed by atoms with E-state index in [9.17, 15) is 5.11 Å². The molecule has 2 rings (SSSR count). The van der Waals surface area contributed by atoms with Crippen LogP contribution in [-0.4, -0.2) is 29.6 Å². The molecular formula is C15H22BrNO. The highest BCUT2D eigenvalue weighted by molar-refractivity contribution is 9.10. The Labute approximate surface area is 118 Å². The monoisotopic (exact) mass is 311 g/mol. The first kappa shape index (κ1) is 14.0. The minimum Gasteiger partial charge on any atom is -0.388 e. The van der Waals surface area contributed by atoms with E-state index in [1.54, 1.807) is 0 Å². The number of hydrogen-bond acceptors (Lipinski definition) is 2. The summed E-state index contributed by atoms with van der Waals surface area (Å²) in [5.74, 6) is 0. The number of hydrogen-bond donors (Lipinski definition) is 1. The zero-order valence-corrected chi connectivity index (χ0v) is 12.4. The van der Waals surface area contributed by atoms with Crippen molar-refractivity contribution in [2.24, 2.45) is 0 Å². The second-order valence-electron chi connectivity index (χ2n) is 5.12. The fraction of sp³-hybridized carbons (Fsp3) is 0.600. The van der Waals surface area contributed by atoms with Crippen LogP contribution in [0.1, 0.15) is 43.8 Å². The molecule has 0 amide bonds. The van der Waals surface area contributed by atoms with Gasteiger partial charge in [-0.05, 0) is 50.0 Å². The highest BCUT2D eigenvalue weighted by Gasteiger charge is 2.12. The number of likely N-dealkylation sites (tertiary alicyclic amines) is 1. The molecule has 0 spiro atoms. The molecular weight excluding hydrogens is 290 g/mol. The van der Waals surface area contributed by atoms with Crippen molar-refractivity contribution in [3.63, 3.8) is 0 Å². The Morgan fingerprint density at radius 2 is 1.89 bits per heavy atom. The third-order valence-electron chi connectivity index (χ3n) is 3.65. The normalized spacial score (nSPS) is 19.4. The average molecular weight is 312 g/mol. The van der Waals surface area contributed by atoms with Crippen LogP contribution in [-0.2, 0) is 0 Å². The van der Waals surface area contributed by atoms with Gasteiger partial charge in [0.15, 0.2) is 0 Å². The van der Waals surface area contributed by atoms with Crippen LogP contribution in [0.25, 0.3) is 0 Å². The summed E-state index contributed by atoms with van der Waals surface area (Å²) in [6.07, 6.45) is 5.84. The van der Waals surface area contributed by atoms with Crippen molar-refractivity contribution < 1.29 is 5.11 Å². The van der Waals surface area contributed by atoms with Gasteiger partial charge in [-0.2, -0.15) is 0 Å². The van der Waals surface area contributed by atoms with E-state index in [1.165, 1.54) is 38.8 Å². The van der Waals surface area contributed by atoms with Crippen LogP contribution in [0.3, 0.4) is 0 Å². The number of rotatable bonds is 4. The second-order valence-corrected chi connectivity index (χ2v) is 6.03. The van der Waals surface area contributed by atoms with E-state index in [0.29, 0.717) is 0 Å². The van der Waals surface area contributed by atoms with E-state index in [4.69, 9.17) is 0 Å². The Bertz CT molecular complexity index is 361. The lowest BCUT2D eigenvalue weighted by Crippen LogP contribution is -2.26. The van der Waals surface area contributed by atoms with Crippen molar-refractivity contribution >= 4 is 15.9 Å². The Kier molecular flexibility index (Phi) is 5.67. The molecule has 1 aromatic carbocycles. The van der Waals surface area contributed by atoms with E-state index in [-0.39, 0.29) is 6.10 Å². The number of nitrogens with zero attached hydrogens (tertiary/aromatic N) is 1. The average Bonchev–Trinajstić information content (AvgIpc) is 2.64. The van der Waals surface area contributed by atoms with Crippen molar-refractivity contribution in [2.45, 2.75) is 38.2 Å². The van der Waals surface area contributed by atoms with Gasteiger partial charge in [0, 0.05) is 11.0 Å². The Morgan fingerprint density at radius 3 is 2.56 bits per heavy atom. The molecule has 3 heteroatoms. The number of halogens is 1. The van der Waals surface area contributed by atoms with Crippen molar-refractivity contribution in [3.05, 3.63) is 34.3 Å². The van der Waals surface area contributed by atoms with Crippen LogP contribution in [0.15, 0.2) is 28.7 Å². The summed E-state index contributed by atoms with van der Waals surface area (Å²) in [6.45, 7) is 3.41. The fourth-order valence-corrected chi connectivity index (χ4v) is 2.96. The van der Waals surface area contributed by atoms with Crippen LogP contribution in [0, 0.1) is 0 Å². The molecule has 0 saturated carbocycles. The van der Waals surface area contributed by atoms with Gasteiger partial charge in [-0.1, -0.05) is 40.9 Å². The SMILES string of the molecule is OC(CCN1CCCCCC1)c1cccc(Br)c1. The molecule has 1 saturated heterocycles. The summed E-state index contributed by atoms with van der Waals surface area (Å²) in [7, 11) is 0. The van der Waals surface area contributed by atoms with E-state index < -0.39 is 0 Å². The molecule has 1 heterocycles. The van der Waals surface area contributed by atoms with Gasteiger partial charge in [-0.3, -0.25) is 0 Å². The predicted molar refractivity (Wildman–Crippen MR) is 78.6 cm³/mol. The van der Waals surface area contributed by atoms with Crippen molar-refractivity contribution in [1.82, 2.24) is 4.90 Å². The smallest absolute Gasteiger partial charge is 0.0802 e. The van der Waals surface area contributed by atoms with Crippen LogP contribution >= 0.6 is 15.9 Å². The number of aliphatic hydroxyl groups excluding tert-OH is 1. The van der Waals surface area contributed by atoms with Crippen molar-refractivity contribution in [1.29, 1.82) is 0 Å². The Morgan fingerprint density at radius 1 is 1.17 bits per heavy atom. The lowest BCUT2D eigenvalue weighted by atomic mass is 10.1. The molecule has 1 aliphatic heterocycles. The van der Waals surface area contributed by atoms with Crippen LogP contribution in [0.5, 0.6) is 0 Å². The lowest BCUT2D eigenvalue weighted by Gasteiger charge is -2.21. The zero-order valence-electron chi connectivity index (χ0n) is 10.8. The fourth-order valence-electron chi connectivity index (χ4n) is 2.55. The van der Waals surface area contributed by atoms with Gasteiger partial charge in [0.2, 0.25) is 0 Å². The van der Waals surface area contributed by atoms with E-state index in [2.05, 4.69) is 20.8 Å². The third kappa shape index (κ3) is 4.38. The summed E-state index contributed by atoms with van der Waals surface area (Å²) in [5, 5.41) is 10.2. The highest BCUT2D eigenvalue weighted by Crippen LogP contribution is 2.21. The molecule has 18 heavy (non-hydrogen) atoms. The first-order valence-corrected chi connectivity index (χ1v) is 7.71. The summed E-state index contributed by atoms with van der Waals surface area (Å²) in [5.41, 5.74) is 1.01. The predicted octanol–water partition coefficient (Wildman–Crippen LogP) is 3.75. The topological polar surface area (TPSA) is 23.5 Å². The molecule has 0 bridgehead atoms. The van der Waals surface area contributed by atoms with Crippen LogP contribution in [0.2, 0.25) is 0 Å². The molecule has 1 aromatic rings. The second kappa shape index (κ2) is 7.27. The first-order chi connectivity index (χ1) is 8.75. The molecule has 100 valence electrons. The largest absolute Gasteiger partial charge is 0.388 e. The number of benzene rings is 1. The molecule has 1 aliphatic rings. The molecule has 1 atom stereocenters. The quantitative estimate of drug-likeness (QED) is 0.915. The maximum absolute atomic E-state index is 10.2. The van der Waals surface area contributed by atoms with E-state index >= 15 is 0 Å². The lowest BCUT2D eigenvalue weighted by molar-refractivity contribution is 0.143. The van der Waals surface area contributed by atoms with Gasteiger partial charge in [0.1, 0.15) is 0 Å². The van der Waals surface area contributed by atoms with Gasteiger partial charge in [0.05, 0.1) is 6.10 Å². The van der Waals surface area contributed by atoms with Crippen LogP contribution < -0.4 is 0 Å². The Balaban J connectivity index is 1.82. The van der Waals surface area contributed by atoms with Crippen molar-refractivity contribution in [3.8, 4) is 0 Å². The number of aliphatic hydroxyl groups is 1. The highest BCUT2D eigenvalue weighted by atomic mass is 79.9. The van der Waals surface area contributed by atoms with Gasteiger partial charge < -0.3 is 10.0 Å². The minimum absolute atomic E-state index is 0.342. The van der Waals surface area contributed by atoms with E-state index in [0.717, 1.165) is 23.0 Å². The zero-order chi connectivity index (χ0) is 12.8. The van der Waals surface area contributed by atoms with Gasteiger partial charge in [-0.15, -0.1) is 0 Å². The molecule has 1 unspecified atom stereocenters. The molecule has 2 nitrogen and oxygen atoms in total. The summed E-state index contributed by atoms with van der Waals surface area (Å²) in [4.78, 5) is 2.49. The molecule has 0 aromatic heterocycles. The van der Waals surface area contributed by atoms with Crippen molar-refractivity contribution in [2.75, 3.05) is 19.6 Å². The van der Waals surface area contributed by atoms with E-state index in [1.807, 2.05) is 24.3 Å². The van der Waals surface area contributed by atoms with Gasteiger partial charge in [-0.25, -0.2) is 0 Å². The summed E-state index contributed by atoms with van der Waals surface area (Å²) in [6, 6.07) is 7.98. The van der Waals surface area contributed by atoms with Gasteiger partial charge in [0.25, 0.3) is 0 Å².